The van der Waals surface area contributed by atoms with Crippen LogP contribution in [0.2, 0.25) is 0 Å². The van der Waals surface area contributed by atoms with Crippen molar-refractivity contribution in [2.24, 2.45) is 5.92 Å². The van der Waals surface area contributed by atoms with E-state index in [0.29, 0.717) is 13.1 Å². The number of methoxy groups -OCH3 is 1. The summed E-state index contributed by atoms with van der Waals surface area (Å²) < 4.78 is 42.7. The monoisotopic (exact) mass is 386 g/mol. The van der Waals surface area contributed by atoms with E-state index in [0.717, 1.165) is 44.6 Å². The second-order valence-electron chi connectivity index (χ2n) is 7.13. The van der Waals surface area contributed by atoms with Crippen LogP contribution in [-0.2, 0) is 11.2 Å². The minimum absolute atomic E-state index is 0.223. The summed E-state index contributed by atoms with van der Waals surface area (Å²) in [5.41, 5.74) is 1.20. The van der Waals surface area contributed by atoms with Crippen molar-refractivity contribution in [2.75, 3.05) is 39.8 Å². The molecule has 1 saturated heterocycles. The van der Waals surface area contributed by atoms with Gasteiger partial charge >= 0.3 is 6.18 Å². The maximum Gasteiger partial charge on any atom is 0.397 e. The number of amides is 1. The van der Waals surface area contributed by atoms with Gasteiger partial charge in [0.1, 0.15) is 12.2 Å². The zero-order valence-electron chi connectivity index (χ0n) is 16.1. The predicted octanol–water partition coefficient (Wildman–Crippen LogP) is 3.75. The molecule has 1 aromatic carbocycles. The summed E-state index contributed by atoms with van der Waals surface area (Å²) in [7, 11) is 1.65. The molecule has 4 nitrogen and oxygen atoms in total. The summed E-state index contributed by atoms with van der Waals surface area (Å²) in [5.74, 6) is 0.241. The molecular weight excluding hydrogens is 357 g/mol. The molecule has 1 aliphatic rings. The highest BCUT2D eigenvalue weighted by molar-refractivity contribution is 5.76. The standard InChI is InChI=1S/C20H29F3N2O2/c1-3-25(19(26)13-20(21,22)23)15-17-7-5-10-24(14-17)11-9-16-6-4-8-18(12-16)27-2/h4,6,8,12,17H,3,5,7,9-11,13-15H2,1-2H3/t17-/m1/s1. The van der Waals surface area contributed by atoms with Crippen LogP contribution in [0, 0.1) is 5.92 Å². The molecule has 7 heteroatoms. The molecule has 1 amide bonds. The zero-order chi connectivity index (χ0) is 19.9. The van der Waals surface area contributed by atoms with Crippen LogP contribution >= 0.6 is 0 Å². The SMILES string of the molecule is CCN(C[C@@H]1CCCN(CCc2cccc(OC)c2)C1)C(=O)CC(F)(F)F. The largest absolute Gasteiger partial charge is 0.497 e. The summed E-state index contributed by atoms with van der Waals surface area (Å²) in [6.07, 6.45) is -2.96. The van der Waals surface area contributed by atoms with E-state index in [9.17, 15) is 18.0 Å². The summed E-state index contributed by atoms with van der Waals surface area (Å²) in [6.45, 7) is 5.16. The van der Waals surface area contributed by atoms with E-state index in [-0.39, 0.29) is 5.92 Å². The molecule has 152 valence electrons. The van der Waals surface area contributed by atoms with Crippen LogP contribution < -0.4 is 4.74 Å². The van der Waals surface area contributed by atoms with Crippen molar-refractivity contribution in [1.82, 2.24) is 9.80 Å². The molecule has 1 aliphatic heterocycles. The van der Waals surface area contributed by atoms with Crippen LogP contribution in [-0.4, -0.2) is 61.7 Å². The Labute approximate surface area is 159 Å². The van der Waals surface area contributed by atoms with Crippen molar-refractivity contribution < 1.29 is 22.7 Å². The number of ether oxygens (including phenoxy) is 1. The average molecular weight is 386 g/mol. The van der Waals surface area contributed by atoms with Crippen molar-refractivity contribution in [3.8, 4) is 5.75 Å². The third kappa shape index (κ3) is 7.40. The first-order chi connectivity index (χ1) is 12.8. The van der Waals surface area contributed by atoms with Gasteiger partial charge in [0.2, 0.25) is 5.91 Å². The fourth-order valence-corrected chi connectivity index (χ4v) is 3.62. The molecule has 1 heterocycles. The van der Waals surface area contributed by atoms with E-state index in [1.807, 2.05) is 18.2 Å². The average Bonchev–Trinajstić information content (AvgIpc) is 2.63. The minimum Gasteiger partial charge on any atom is -0.497 e. The van der Waals surface area contributed by atoms with Gasteiger partial charge in [0.25, 0.3) is 0 Å². The van der Waals surface area contributed by atoms with Gasteiger partial charge < -0.3 is 14.5 Å². The molecule has 1 fully saturated rings. The number of benzene rings is 1. The van der Waals surface area contributed by atoms with Gasteiger partial charge in [-0.05, 0) is 56.3 Å². The fraction of sp³-hybridized carbons (Fsp3) is 0.650. The van der Waals surface area contributed by atoms with Gasteiger partial charge in [0.05, 0.1) is 7.11 Å². The van der Waals surface area contributed by atoms with E-state index in [4.69, 9.17) is 4.74 Å². The fourth-order valence-electron chi connectivity index (χ4n) is 3.62. The topological polar surface area (TPSA) is 32.8 Å². The van der Waals surface area contributed by atoms with E-state index in [1.165, 1.54) is 10.5 Å². The third-order valence-corrected chi connectivity index (χ3v) is 5.02. The van der Waals surface area contributed by atoms with E-state index in [1.54, 1.807) is 14.0 Å². The Morgan fingerprint density at radius 3 is 2.81 bits per heavy atom. The van der Waals surface area contributed by atoms with Crippen molar-refractivity contribution >= 4 is 5.91 Å². The highest BCUT2D eigenvalue weighted by Crippen LogP contribution is 2.23. The Morgan fingerprint density at radius 2 is 2.15 bits per heavy atom. The molecule has 0 spiro atoms. The first-order valence-corrected chi connectivity index (χ1v) is 9.50. The first kappa shape index (κ1) is 21.5. The molecule has 0 radical (unpaired) electrons. The van der Waals surface area contributed by atoms with Gasteiger partial charge in [-0.3, -0.25) is 4.79 Å². The van der Waals surface area contributed by atoms with Gasteiger partial charge in [-0.2, -0.15) is 13.2 Å². The van der Waals surface area contributed by atoms with Crippen molar-refractivity contribution in [2.45, 2.75) is 38.8 Å². The Kier molecular flexibility index (Phi) is 7.95. The first-order valence-electron chi connectivity index (χ1n) is 9.50. The number of alkyl halides is 3. The predicted molar refractivity (Wildman–Crippen MR) is 98.8 cm³/mol. The smallest absolute Gasteiger partial charge is 0.397 e. The van der Waals surface area contributed by atoms with Crippen LogP contribution in [0.5, 0.6) is 5.75 Å². The Hall–Kier alpha value is -1.76. The Balaban J connectivity index is 1.84. The molecule has 0 unspecified atom stereocenters. The summed E-state index contributed by atoms with van der Waals surface area (Å²) in [6, 6.07) is 7.98. The van der Waals surface area contributed by atoms with Crippen molar-refractivity contribution in [3.05, 3.63) is 29.8 Å². The highest BCUT2D eigenvalue weighted by atomic mass is 19.4. The highest BCUT2D eigenvalue weighted by Gasteiger charge is 2.34. The lowest BCUT2D eigenvalue weighted by Crippen LogP contribution is -2.44. The van der Waals surface area contributed by atoms with Crippen molar-refractivity contribution in [3.63, 3.8) is 0 Å². The number of hydrogen-bond donors (Lipinski definition) is 0. The van der Waals surface area contributed by atoms with E-state index in [2.05, 4.69) is 11.0 Å². The third-order valence-electron chi connectivity index (χ3n) is 5.02. The number of halogens is 3. The van der Waals surface area contributed by atoms with Crippen molar-refractivity contribution in [1.29, 1.82) is 0 Å². The number of likely N-dealkylation sites (tertiary alicyclic amines) is 1. The molecule has 0 aromatic heterocycles. The summed E-state index contributed by atoms with van der Waals surface area (Å²) in [5, 5.41) is 0. The number of rotatable bonds is 8. The molecule has 0 aliphatic carbocycles. The van der Waals surface area contributed by atoms with E-state index >= 15 is 0 Å². The number of nitrogens with zero attached hydrogens (tertiary/aromatic N) is 2. The van der Waals surface area contributed by atoms with Crippen LogP contribution in [0.25, 0.3) is 0 Å². The van der Waals surface area contributed by atoms with Gasteiger partial charge in [0, 0.05) is 26.2 Å². The molecule has 1 atom stereocenters. The molecule has 0 N–H and O–H groups in total. The lowest BCUT2D eigenvalue weighted by molar-refractivity contribution is -0.161. The molecular formula is C20H29F3N2O2. The molecule has 27 heavy (non-hydrogen) atoms. The number of carbonyl (C=O) groups excluding carboxylic acids is 1. The normalized spacial score (nSPS) is 18.3. The second-order valence-corrected chi connectivity index (χ2v) is 7.13. The van der Waals surface area contributed by atoms with Gasteiger partial charge in [-0.1, -0.05) is 12.1 Å². The van der Waals surface area contributed by atoms with Gasteiger partial charge in [0.15, 0.2) is 0 Å². The summed E-state index contributed by atoms with van der Waals surface area (Å²) >= 11 is 0. The molecule has 2 rings (SSSR count). The number of carbonyl (C=O) groups is 1. The molecule has 1 aromatic rings. The Morgan fingerprint density at radius 1 is 1.37 bits per heavy atom. The minimum atomic E-state index is -4.44. The molecule has 0 saturated carbocycles. The van der Waals surface area contributed by atoms with Gasteiger partial charge in [-0.25, -0.2) is 0 Å². The van der Waals surface area contributed by atoms with E-state index < -0.39 is 18.5 Å². The number of piperidine rings is 1. The van der Waals surface area contributed by atoms with Crippen LogP contribution in [0.3, 0.4) is 0 Å². The second kappa shape index (κ2) is 9.97. The number of hydrogen-bond acceptors (Lipinski definition) is 3. The zero-order valence-corrected chi connectivity index (χ0v) is 16.1. The quantitative estimate of drug-likeness (QED) is 0.682. The maximum atomic E-state index is 12.5. The maximum absolute atomic E-state index is 12.5. The van der Waals surface area contributed by atoms with Crippen LogP contribution in [0.1, 0.15) is 31.7 Å². The molecule has 0 bridgehead atoms. The lowest BCUT2D eigenvalue weighted by Gasteiger charge is -2.35. The van der Waals surface area contributed by atoms with Crippen LogP contribution in [0.4, 0.5) is 13.2 Å². The summed E-state index contributed by atoms with van der Waals surface area (Å²) in [4.78, 5) is 15.6. The Bertz CT molecular complexity index is 607. The van der Waals surface area contributed by atoms with Crippen LogP contribution in [0.15, 0.2) is 24.3 Å². The van der Waals surface area contributed by atoms with Gasteiger partial charge in [-0.15, -0.1) is 0 Å². The lowest BCUT2D eigenvalue weighted by atomic mass is 9.96.